The molecule has 0 radical (unpaired) electrons. The lowest BCUT2D eigenvalue weighted by Gasteiger charge is -2.58. The maximum absolute atomic E-state index is 5.46. The molecule has 126 valence electrons. The zero-order valence-electron chi connectivity index (χ0n) is 14.5. The third-order valence-corrected chi connectivity index (χ3v) is 7.22. The summed E-state index contributed by atoms with van der Waals surface area (Å²) in [6.45, 7) is 12.3. The predicted molar refractivity (Wildman–Crippen MR) is 89.2 cm³/mol. The smallest absolute Gasteiger partial charge is 0.0545 e. The summed E-state index contributed by atoms with van der Waals surface area (Å²) in [6.07, 6.45) is 6.92. The Balaban J connectivity index is 1.28. The van der Waals surface area contributed by atoms with Gasteiger partial charge < -0.3 is 9.64 Å². The summed E-state index contributed by atoms with van der Waals surface area (Å²) in [7, 11) is 2.27. The molecule has 0 aliphatic carbocycles. The molecule has 4 saturated heterocycles. The number of ether oxygens (including phenoxy) is 1. The summed E-state index contributed by atoms with van der Waals surface area (Å²) >= 11 is 0. The van der Waals surface area contributed by atoms with E-state index in [0.717, 1.165) is 19.3 Å². The molecule has 1 atom stereocenters. The van der Waals surface area contributed by atoms with Crippen molar-refractivity contribution in [2.24, 2.45) is 5.41 Å². The molecular formula is C18H33N3O. The van der Waals surface area contributed by atoms with Crippen LogP contribution < -0.4 is 0 Å². The quantitative estimate of drug-likeness (QED) is 0.789. The van der Waals surface area contributed by atoms with Crippen molar-refractivity contribution in [3.05, 3.63) is 0 Å². The van der Waals surface area contributed by atoms with E-state index in [-0.39, 0.29) is 0 Å². The molecule has 0 aromatic heterocycles. The van der Waals surface area contributed by atoms with Crippen LogP contribution in [0, 0.1) is 5.41 Å². The lowest BCUT2D eigenvalue weighted by Crippen LogP contribution is -2.66. The molecule has 2 spiro atoms. The van der Waals surface area contributed by atoms with Crippen LogP contribution >= 0.6 is 0 Å². The van der Waals surface area contributed by atoms with E-state index in [0.29, 0.717) is 11.0 Å². The fraction of sp³-hybridized carbons (Fsp3) is 1.00. The number of hydrogen-bond acceptors (Lipinski definition) is 4. The maximum Gasteiger partial charge on any atom is 0.0545 e. The molecule has 4 heteroatoms. The van der Waals surface area contributed by atoms with Crippen LogP contribution in [0.25, 0.3) is 0 Å². The van der Waals surface area contributed by atoms with Crippen LogP contribution in [0.3, 0.4) is 0 Å². The first-order valence-corrected chi connectivity index (χ1v) is 9.36. The Morgan fingerprint density at radius 2 is 1.55 bits per heavy atom. The van der Waals surface area contributed by atoms with Crippen LogP contribution in [0.2, 0.25) is 0 Å². The zero-order valence-corrected chi connectivity index (χ0v) is 14.5. The summed E-state index contributed by atoms with van der Waals surface area (Å²) in [5.74, 6) is 0. The Labute approximate surface area is 135 Å². The normalized spacial score (nSPS) is 33.5. The summed E-state index contributed by atoms with van der Waals surface area (Å²) in [5, 5.41) is 0. The first kappa shape index (κ1) is 15.4. The van der Waals surface area contributed by atoms with E-state index in [2.05, 4.69) is 28.7 Å². The van der Waals surface area contributed by atoms with Crippen molar-refractivity contribution < 1.29 is 4.74 Å². The fourth-order valence-corrected chi connectivity index (χ4v) is 5.03. The van der Waals surface area contributed by atoms with Crippen LogP contribution in [0.15, 0.2) is 0 Å². The number of rotatable bonds is 3. The lowest BCUT2D eigenvalue weighted by atomic mass is 9.75. The second kappa shape index (κ2) is 5.73. The van der Waals surface area contributed by atoms with E-state index in [4.69, 9.17) is 4.74 Å². The van der Waals surface area contributed by atoms with Gasteiger partial charge in [0.1, 0.15) is 0 Å². The van der Waals surface area contributed by atoms with Gasteiger partial charge in [-0.3, -0.25) is 9.80 Å². The van der Waals surface area contributed by atoms with Gasteiger partial charge in [0.15, 0.2) is 0 Å². The summed E-state index contributed by atoms with van der Waals surface area (Å²) in [6, 6.07) is 0.718. The Morgan fingerprint density at radius 3 is 2.05 bits per heavy atom. The third kappa shape index (κ3) is 2.62. The van der Waals surface area contributed by atoms with Gasteiger partial charge in [-0.2, -0.15) is 0 Å². The van der Waals surface area contributed by atoms with Gasteiger partial charge in [0.2, 0.25) is 0 Å². The van der Waals surface area contributed by atoms with Gasteiger partial charge in [0.05, 0.1) is 13.2 Å². The van der Waals surface area contributed by atoms with Crippen molar-refractivity contribution in [1.29, 1.82) is 0 Å². The standard InChI is InChI=1S/C18H33N3O/c1-16(20-10-3-17(4-11-20)14-22-15-17)13-21-12-7-18(21)5-8-19(2)9-6-18/h16H,3-15H2,1-2H3. The Morgan fingerprint density at radius 1 is 0.909 bits per heavy atom. The van der Waals surface area contributed by atoms with E-state index in [9.17, 15) is 0 Å². The Kier molecular flexibility index (Phi) is 4.00. The van der Waals surface area contributed by atoms with Crippen LogP contribution in [-0.4, -0.2) is 85.8 Å². The van der Waals surface area contributed by atoms with Crippen LogP contribution in [0.5, 0.6) is 0 Å². The minimum Gasteiger partial charge on any atom is -0.380 e. The zero-order chi connectivity index (χ0) is 15.2. The molecule has 0 aromatic rings. The van der Waals surface area contributed by atoms with Crippen molar-refractivity contribution in [3.63, 3.8) is 0 Å². The molecule has 0 bridgehead atoms. The minimum absolute atomic E-state index is 0.569. The van der Waals surface area contributed by atoms with E-state index in [1.54, 1.807) is 0 Å². The molecule has 4 nitrogen and oxygen atoms in total. The Bertz CT molecular complexity index is 391. The topological polar surface area (TPSA) is 19.0 Å². The van der Waals surface area contributed by atoms with Gasteiger partial charge in [-0.15, -0.1) is 0 Å². The first-order chi connectivity index (χ1) is 10.6. The second-order valence-electron chi connectivity index (χ2n) is 8.60. The van der Waals surface area contributed by atoms with Gasteiger partial charge in [-0.25, -0.2) is 0 Å². The number of likely N-dealkylation sites (tertiary alicyclic amines) is 3. The average Bonchev–Trinajstić information content (AvgIpc) is 2.51. The van der Waals surface area contributed by atoms with E-state index in [1.807, 2.05) is 0 Å². The van der Waals surface area contributed by atoms with Gasteiger partial charge in [-0.1, -0.05) is 0 Å². The van der Waals surface area contributed by atoms with E-state index in [1.165, 1.54) is 71.4 Å². The molecule has 22 heavy (non-hydrogen) atoms. The van der Waals surface area contributed by atoms with Gasteiger partial charge in [-0.05, 0) is 72.3 Å². The lowest BCUT2D eigenvalue weighted by molar-refractivity contribution is -0.145. The largest absolute Gasteiger partial charge is 0.380 e. The minimum atomic E-state index is 0.569. The molecule has 0 N–H and O–H groups in total. The molecular weight excluding hydrogens is 274 g/mol. The fourth-order valence-electron chi connectivity index (χ4n) is 5.03. The van der Waals surface area contributed by atoms with E-state index >= 15 is 0 Å². The SMILES string of the molecule is CC(CN1CCC12CCN(C)CC2)N1CCC2(CC1)COC2. The summed E-state index contributed by atoms with van der Waals surface area (Å²) in [5.41, 5.74) is 1.14. The monoisotopic (exact) mass is 307 g/mol. The maximum atomic E-state index is 5.46. The summed E-state index contributed by atoms with van der Waals surface area (Å²) in [4.78, 5) is 8.06. The van der Waals surface area contributed by atoms with Gasteiger partial charge in [0, 0.05) is 30.1 Å². The van der Waals surface area contributed by atoms with Crippen LogP contribution in [0.4, 0.5) is 0 Å². The van der Waals surface area contributed by atoms with Gasteiger partial charge >= 0.3 is 0 Å². The van der Waals surface area contributed by atoms with Crippen LogP contribution in [0.1, 0.15) is 39.0 Å². The average molecular weight is 307 g/mol. The molecule has 0 saturated carbocycles. The number of hydrogen-bond donors (Lipinski definition) is 0. The molecule has 4 fully saturated rings. The molecule has 0 amide bonds. The third-order valence-electron chi connectivity index (χ3n) is 7.22. The van der Waals surface area contributed by atoms with Crippen molar-refractivity contribution in [2.75, 3.05) is 59.5 Å². The van der Waals surface area contributed by atoms with Crippen LogP contribution in [-0.2, 0) is 4.74 Å². The van der Waals surface area contributed by atoms with Crippen molar-refractivity contribution in [1.82, 2.24) is 14.7 Å². The predicted octanol–water partition coefficient (Wildman–Crippen LogP) is 1.66. The highest BCUT2D eigenvalue weighted by molar-refractivity contribution is 5.03. The van der Waals surface area contributed by atoms with E-state index < -0.39 is 0 Å². The second-order valence-corrected chi connectivity index (χ2v) is 8.60. The molecule has 0 aromatic carbocycles. The highest BCUT2D eigenvalue weighted by atomic mass is 16.5. The highest BCUT2D eigenvalue weighted by Crippen LogP contribution is 2.41. The molecule has 4 heterocycles. The number of piperidine rings is 2. The Hall–Kier alpha value is -0.160. The molecule has 4 rings (SSSR count). The molecule has 4 aliphatic heterocycles. The van der Waals surface area contributed by atoms with Gasteiger partial charge in [0.25, 0.3) is 0 Å². The van der Waals surface area contributed by atoms with Crippen molar-refractivity contribution in [3.8, 4) is 0 Å². The molecule has 1 unspecified atom stereocenters. The highest BCUT2D eigenvalue weighted by Gasteiger charge is 2.47. The number of nitrogens with zero attached hydrogens (tertiary/aromatic N) is 3. The van der Waals surface area contributed by atoms with Crippen molar-refractivity contribution >= 4 is 0 Å². The molecule has 4 aliphatic rings. The van der Waals surface area contributed by atoms with Crippen molar-refractivity contribution in [2.45, 2.75) is 50.6 Å². The first-order valence-electron chi connectivity index (χ1n) is 9.36. The summed E-state index contributed by atoms with van der Waals surface area (Å²) < 4.78 is 5.46.